The van der Waals surface area contributed by atoms with Crippen molar-refractivity contribution in [2.24, 2.45) is 0 Å². The molecule has 0 spiro atoms. The molecule has 0 amide bonds. The minimum absolute atomic E-state index is 0.00827. The molecule has 0 aliphatic carbocycles. The van der Waals surface area contributed by atoms with Gasteiger partial charge in [-0.1, -0.05) is 101 Å². The summed E-state index contributed by atoms with van der Waals surface area (Å²) in [6, 6.07) is 4.20. The second kappa shape index (κ2) is 13.8. The zero-order valence-electron chi connectivity index (χ0n) is 15.8. The van der Waals surface area contributed by atoms with E-state index in [0.717, 1.165) is 19.3 Å². The van der Waals surface area contributed by atoms with Crippen LogP contribution in [0.3, 0.4) is 0 Å². The maximum atomic E-state index is 12.1. The predicted octanol–water partition coefficient (Wildman–Crippen LogP) is 7.40. The van der Waals surface area contributed by atoms with Crippen LogP contribution in [0.25, 0.3) is 0 Å². The maximum Gasteiger partial charge on any atom is 0.297 e. The first kappa shape index (κ1) is 23.7. The summed E-state index contributed by atoms with van der Waals surface area (Å²) in [6.07, 6.45) is 14.8. The van der Waals surface area contributed by atoms with E-state index in [1.54, 1.807) is 0 Å². The van der Waals surface area contributed by atoms with Gasteiger partial charge in [0.25, 0.3) is 10.1 Å². The van der Waals surface area contributed by atoms with Gasteiger partial charge < -0.3 is 0 Å². The highest BCUT2D eigenvalue weighted by Gasteiger charge is 2.16. The third-order valence-electron chi connectivity index (χ3n) is 4.36. The molecule has 0 aliphatic rings. The van der Waals surface area contributed by atoms with E-state index in [1.165, 1.54) is 76.0 Å². The van der Waals surface area contributed by atoms with Gasteiger partial charge in [0.1, 0.15) is 0 Å². The Hall–Kier alpha value is -0.290. The van der Waals surface area contributed by atoms with E-state index in [9.17, 15) is 8.42 Å². The first-order valence-corrected chi connectivity index (χ1v) is 12.0. The largest absolute Gasteiger partial charge is 0.297 e. The van der Waals surface area contributed by atoms with Gasteiger partial charge in [-0.2, -0.15) is 8.42 Å². The second-order valence-electron chi connectivity index (χ2n) is 6.77. The highest BCUT2D eigenvalue weighted by molar-refractivity contribution is 7.86. The summed E-state index contributed by atoms with van der Waals surface area (Å²) in [5.41, 5.74) is 0. The van der Waals surface area contributed by atoms with E-state index >= 15 is 0 Å². The standard InChI is InChI=1S/C20H32Cl2O3S/c1-2-3-4-5-6-7-8-9-10-11-12-13-14-25-26(23,24)20-16-18(21)15-19(22)17-20/h15-17H,2-14H2,1H3. The molecule has 0 bridgehead atoms. The molecule has 0 aliphatic heterocycles. The van der Waals surface area contributed by atoms with Gasteiger partial charge in [0.05, 0.1) is 11.5 Å². The molecule has 0 heterocycles. The molecule has 0 radical (unpaired) electrons. The smallest absolute Gasteiger partial charge is 0.266 e. The Morgan fingerprint density at radius 3 is 1.62 bits per heavy atom. The van der Waals surface area contributed by atoms with Crippen LogP contribution in [0.15, 0.2) is 23.1 Å². The fourth-order valence-corrected chi connectivity index (χ4v) is 4.52. The van der Waals surface area contributed by atoms with Crippen LogP contribution in [0.1, 0.15) is 84.0 Å². The van der Waals surface area contributed by atoms with Crippen LogP contribution in [0.5, 0.6) is 0 Å². The Balaban J connectivity index is 2.05. The summed E-state index contributed by atoms with van der Waals surface area (Å²) in [5.74, 6) is 0. The number of halogens is 2. The first-order valence-electron chi connectivity index (χ1n) is 9.81. The van der Waals surface area contributed by atoms with Gasteiger partial charge in [-0.3, -0.25) is 4.18 Å². The number of benzene rings is 1. The molecule has 1 rings (SSSR count). The van der Waals surface area contributed by atoms with Crippen molar-refractivity contribution in [3.05, 3.63) is 28.2 Å². The summed E-state index contributed by atoms with van der Waals surface area (Å²) in [7, 11) is -3.79. The third-order valence-corrected chi connectivity index (χ3v) is 6.09. The molecular weight excluding hydrogens is 391 g/mol. The molecule has 150 valence electrons. The molecule has 26 heavy (non-hydrogen) atoms. The van der Waals surface area contributed by atoms with Crippen LogP contribution in [0.4, 0.5) is 0 Å². The zero-order chi connectivity index (χ0) is 19.3. The zero-order valence-corrected chi connectivity index (χ0v) is 18.1. The van der Waals surface area contributed by atoms with Gasteiger partial charge in [-0.05, 0) is 24.6 Å². The van der Waals surface area contributed by atoms with Crippen molar-refractivity contribution in [2.45, 2.75) is 88.9 Å². The second-order valence-corrected chi connectivity index (χ2v) is 9.26. The van der Waals surface area contributed by atoms with E-state index in [-0.39, 0.29) is 21.5 Å². The molecule has 0 unspecified atom stereocenters. The number of hydrogen-bond acceptors (Lipinski definition) is 3. The maximum absolute atomic E-state index is 12.1. The molecule has 0 saturated heterocycles. The van der Waals surface area contributed by atoms with Gasteiger partial charge in [0.2, 0.25) is 0 Å². The summed E-state index contributed by atoms with van der Waals surface area (Å²) in [6.45, 7) is 2.44. The Morgan fingerprint density at radius 1 is 0.731 bits per heavy atom. The summed E-state index contributed by atoms with van der Waals surface area (Å²) < 4.78 is 29.3. The van der Waals surface area contributed by atoms with Crippen LogP contribution in [0.2, 0.25) is 10.0 Å². The van der Waals surface area contributed by atoms with Crippen molar-refractivity contribution >= 4 is 33.3 Å². The normalized spacial score (nSPS) is 11.8. The van der Waals surface area contributed by atoms with Gasteiger partial charge >= 0.3 is 0 Å². The van der Waals surface area contributed by atoms with Crippen LogP contribution < -0.4 is 0 Å². The van der Waals surface area contributed by atoms with Crippen LogP contribution in [-0.4, -0.2) is 15.0 Å². The Labute approximate surface area is 169 Å². The predicted molar refractivity (Wildman–Crippen MR) is 111 cm³/mol. The van der Waals surface area contributed by atoms with Gasteiger partial charge in [0.15, 0.2) is 0 Å². The van der Waals surface area contributed by atoms with E-state index in [4.69, 9.17) is 27.4 Å². The fourth-order valence-electron chi connectivity index (χ4n) is 2.85. The van der Waals surface area contributed by atoms with Crippen molar-refractivity contribution in [1.29, 1.82) is 0 Å². The summed E-state index contributed by atoms with van der Waals surface area (Å²) in [4.78, 5) is 0.00827. The van der Waals surface area contributed by atoms with Crippen molar-refractivity contribution in [2.75, 3.05) is 6.61 Å². The average molecular weight is 423 g/mol. The van der Waals surface area contributed by atoms with E-state index < -0.39 is 10.1 Å². The first-order chi connectivity index (χ1) is 12.5. The third kappa shape index (κ3) is 10.8. The van der Waals surface area contributed by atoms with Crippen LogP contribution >= 0.6 is 23.2 Å². The summed E-state index contributed by atoms with van der Waals surface area (Å²) >= 11 is 11.7. The van der Waals surface area contributed by atoms with Gasteiger partial charge in [0, 0.05) is 10.0 Å². The van der Waals surface area contributed by atoms with Crippen LogP contribution in [-0.2, 0) is 14.3 Å². The minimum Gasteiger partial charge on any atom is -0.266 e. The molecule has 0 fully saturated rings. The minimum atomic E-state index is -3.79. The number of rotatable bonds is 15. The molecule has 1 aromatic rings. The van der Waals surface area contributed by atoms with E-state index in [2.05, 4.69) is 6.92 Å². The summed E-state index contributed by atoms with van der Waals surface area (Å²) in [5, 5.41) is 0.565. The Kier molecular flexibility index (Phi) is 12.6. The topological polar surface area (TPSA) is 43.4 Å². The average Bonchev–Trinajstić information content (AvgIpc) is 2.58. The SMILES string of the molecule is CCCCCCCCCCCCCCOS(=O)(=O)c1cc(Cl)cc(Cl)c1. The Bertz CT molecular complexity index is 583. The van der Waals surface area contributed by atoms with E-state index in [0.29, 0.717) is 0 Å². The lowest BCUT2D eigenvalue weighted by Gasteiger charge is -2.07. The highest BCUT2D eigenvalue weighted by atomic mass is 35.5. The number of hydrogen-bond donors (Lipinski definition) is 0. The van der Waals surface area contributed by atoms with Gasteiger partial charge in [-0.25, -0.2) is 0 Å². The monoisotopic (exact) mass is 422 g/mol. The van der Waals surface area contributed by atoms with Gasteiger partial charge in [-0.15, -0.1) is 0 Å². The Morgan fingerprint density at radius 2 is 1.15 bits per heavy atom. The lowest BCUT2D eigenvalue weighted by atomic mass is 10.1. The molecule has 3 nitrogen and oxygen atoms in total. The number of unbranched alkanes of at least 4 members (excludes halogenated alkanes) is 11. The van der Waals surface area contributed by atoms with E-state index in [1.807, 2.05) is 0 Å². The van der Waals surface area contributed by atoms with Crippen molar-refractivity contribution in [1.82, 2.24) is 0 Å². The lowest BCUT2D eigenvalue weighted by Crippen LogP contribution is -2.07. The lowest BCUT2D eigenvalue weighted by molar-refractivity contribution is 0.306. The molecule has 0 N–H and O–H groups in total. The molecule has 0 atom stereocenters. The highest BCUT2D eigenvalue weighted by Crippen LogP contribution is 2.23. The molecular formula is C20H32Cl2O3S. The molecule has 0 aromatic heterocycles. The molecule has 6 heteroatoms. The fraction of sp³-hybridized carbons (Fsp3) is 0.700. The van der Waals surface area contributed by atoms with Crippen molar-refractivity contribution in [3.63, 3.8) is 0 Å². The van der Waals surface area contributed by atoms with Crippen LogP contribution in [0, 0.1) is 0 Å². The molecule has 0 saturated carbocycles. The quantitative estimate of drug-likeness (QED) is 0.218. The molecule has 1 aromatic carbocycles. The van der Waals surface area contributed by atoms with Crippen molar-refractivity contribution in [3.8, 4) is 0 Å². The van der Waals surface area contributed by atoms with Crippen molar-refractivity contribution < 1.29 is 12.6 Å².